The monoisotopic (exact) mass is 371 g/mol. The Morgan fingerprint density at radius 1 is 1.00 bits per heavy atom. The highest BCUT2D eigenvalue weighted by Crippen LogP contribution is 2.30. The summed E-state index contributed by atoms with van der Waals surface area (Å²) in [5.74, 6) is 2.70. The van der Waals surface area contributed by atoms with Crippen molar-refractivity contribution in [3.8, 4) is 17.5 Å². The zero-order valence-corrected chi connectivity index (χ0v) is 15.4. The predicted molar refractivity (Wildman–Crippen MR) is 99.9 cm³/mol. The van der Waals surface area contributed by atoms with Crippen molar-refractivity contribution in [2.75, 3.05) is 31.5 Å². The van der Waals surface area contributed by atoms with Gasteiger partial charge < -0.3 is 29.3 Å². The molecule has 0 spiro atoms. The predicted octanol–water partition coefficient (Wildman–Crippen LogP) is 3.24. The Balaban J connectivity index is 1.80. The molecule has 0 fully saturated rings. The molecule has 0 bridgehead atoms. The molecule has 0 unspecified atom stereocenters. The Labute approximate surface area is 156 Å². The van der Waals surface area contributed by atoms with E-state index in [-0.39, 0.29) is 6.01 Å². The molecule has 9 nitrogen and oxygen atoms in total. The zero-order chi connectivity index (χ0) is 19.1. The van der Waals surface area contributed by atoms with E-state index in [1.807, 2.05) is 25.1 Å². The lowest BCUT2D eigenvalue weighted by atomic mass is 10.3. The fourth-order valence-corrected chi connectivity index (χ4v) is 2.31. The molecular weight excluding hydrogens is 350 g/mol. The Bertz CT molecular complexity index is 870. The number of methoxy groups -OCH3 is 2. The van der Waals surface area contributed by atoms with E-state index < -0.39 is 0 Å². The quantitative estimate of drug-likeness (QED) is 0.586. The molecule has 0 saturated carbocycles. The van der Waals surface area contributed by atoms with Crippen LogP contribution in [0.5, 0.6) is 17.5 Å². The maximum atomic E-state index is 5.43. The summed E-state index contributed by atoms with van der Waals surface area (Å²) in [7, 11) is 3.16. The van der Waals surface area contributed by atoms with Gasteiger partial charge in [0.2, 0.25) is 11.9 Å². The second-order valence-corrected chi connectivity index (χ2v) is 5.33. The standard InChI is InChI=1S/C18H21N5O4/c1-4-26-18-22-16(19-11-13-6-5-9-27-13)21-17(23-18)20-12-7-8-14(24-2)15(10-12)25-3/h5-10H,4,11H2,1-3H3,(H2,19,20,21,22,23). The average Bonchev–Trinajstić information content (AvgIpc) is 3.20. The molecule has 0 radical (unpaired) electrons. The van der Waals surface area contributed by atoms with Gasteiger partial charge in [0.15, 0.2) is 11.5 Å². The topological polar surface area (TPSA) is 104 Å². The summed E-state index contributed by atoms with van der Waals surface area (Å²) in [6.45, 7) is 2.75. The van der Waals surface area contributed by atoms with Crippen molar-refractivity contribution in [1.82, 2.24) is 15.0 Å². The summed E-state index contributed by atoms with van der Waals surface area (Å²) in [6, 6.07) is 9.32. The van der Waals surface area contributed by atoms with E-state index in [1.54, 1.807) is 32.6 Å². The maximum Gasteiger partial charge on any atom is 0.323 e. The van der Waals surface area contributed by atoms with E-state index in [0.717, 1.165) is 11.4 Å². The normalized spacial score (nSPS) is 10.3. The van der Waals surface area contributed by atoms with Gasteiger partial charge in [0.1, 0.15) is 5.76 Å². The summed E-state index contributed by atoms with van der Waals surface area (Å²) in [6.07, 6.45) is 1.61. The Morgan fingerprint density at radius 2 is 1.81 bits per heavy atom. The number of rotatable bonds is 9. The van der Waals surface area contributed by atoms with E-state index in [4.69, 9.17) is 18.6 Å². The molecular formula is C18H21N5O4. The van der Waals surface area contributed by atoms with Gasteiger partial charge in [-0.25, -0.2) is 0 Å². The molecule has 0 aliphatic carbocycles. The van der Waals surface area contributed by atoms with Gasteiger partial charge >= 0.3 is 6.01 Å². The first-order valence-corrected chi connectivity index (χ1v) is 8.36. The van der Waals surface area contributed by atoms with Crippen LogP contribution in [0.25, 0.3) is 0 Å². The largest absolute Gasteiger partial charge is 0.493 e. The van der Waals surface area contributed by atoms with Gasteiger partial charge in [-0.2, -0.15) is 15.0 Å². The fourth-order valence-electron chi connectivity index (χ4n) is 2.31. The molecule has 2 N–H and O–H groups in total. The van der Waals surface area contributed by atoms with Crippen LogP contribution in [-0.4, -0.2) is 35.8 Å². The number of aromatic nitrogens is 3. The minimum absolute atomic E-state index is 0.220. The number of ether oxygens (including phenoxy) is 3. The van der Waals surface area contributed by atoms with Crippen LogP contribution in [-0.2, 0) is 6.54 Å². The highest BCUT2D eigenvalue weighted by molar-refractivity contribution is 5.60. The van der Waals surface area contributed by atoms with Crippen LogP contribution >= 0.6 is 0 Å². The van der Waals surface area contributed by atoms with Crippen LogP contribution in [0, 0.1) is 0 Å². The lowest BCUT2D eigenvalue weighted by molar-refractivity contribution is 0.312. The molecule has 3 rings (SSSR count). The van der Waals surface area contributed by atoms with E-state index in [1.165, 1.54) is 0 Å². The van der Waals surface area contributed by atoms with Gasteiger partial charge in [-0.1, -0.05) is 0 Å². The molecule has 0 aliphatic rings. The lowest BCUT2D eigenvalue weighted by Gasteiger charge is -2.12. The first kappa shape index (κ1) is 18.3. The van der Waals surface area contributed by atoms with Crippen molar-refractivity contribution in [2.45, 2.75) is 13.5 Å². The summed E-state index contributed by atoms with van der Waals surface area (Å²) >= 11 is 0. The minimum atomic E-state index is 0.220. The Kier molecular flexibility index (Phi) is 5.93. The van der Waals surface area contributed by atoms with Gasteiger partial charge in [-0.15, -0.1) is 0 Å². The SMILES string of the molecule is CCOc1nc(NCc2ccco2)nc(Nc2ccc(OC)c(OC)c2)n1. The Morgan fingerprint density at radius 3 is 2.52 bits per heavy atom. The molecule has 1 aromatic carbocycles. The summed E-state index contributed by atoms with van der Waals surface area (Å²) in [4.78, 5) is 12.9. The number of nitrogens with one attached hydrogen (secondary N) is 2. The van der Waals surface area contributed by atoms with E-state index >= 15 is 0 Å². The highest BCUT2D eigenvalue weighted by Gasteiger charge is 2.10. The number of hydrogen-bond donors (Lipinski definition) is 2. The van der Waals surface area contributed by atoms with Crippen molar-refractivity contribution in [2.24, 2.45) is 0 Å². The average molecular weight is 371 g/mol. The van der Waals surface area contributed by atoms with Crippen LogP contribution in [0.3, 0.4) is 0 Å². The third-order valence-electron chi connectivity index (χ3n) is 3.53. The molecule has 0 amide bonds. The third kappa shape index (κ3) is 4.78. The van der Waals surface area contributed by atoms with Crippen molar-refractivity contribution in [3.63, 3.8) is 0 Å². The van der Waals surface area contributed by atoms with Crippen LogP contribution in [0.4, 0.5) is 17.6 Å². The first-order valence-electron chi connectivity index (χ1n) is 8.36. The summed E-state index contributed by atoms with van der Waals surface area (Å²) in [5, 5.41) is 6.21. The molecule has 142 valence electrons. The Hall–Kier alpha value is -3.49. The molecule has 0 atom stereocenters. The van der Waals surface area contributed by atoms with Crippen LogP contribution in [0.2, 0.25) is 0 Å². The zero-order valence-electron chi connectivity index (χ0n) is 15.4. The number of benzene rings is 1. The summed E-state index contributed by atoms with van der Waals surface area (Å²) in [5.41, 5.74) is 0.735. The fraction of sp³-hybridized carbons (Fsp3) is 0.278. The van der Waals surface area contributed by atoms with E-state index in [9.17, 15) is 0 Å². The molecule has 2 aromatic heterocycles. The van der Waals surface area contributed by atoms with E-state index in [2.05, 4.69) is 25.6 Å². The number of nitrogens with zero attached hydrogens (tertiary/aromatic N) is 3. The van der Waals surface area contributed by atoms with Crippen molar-refractivity contribution in [1.29, 1.82) is 0 Å². The van der Waals surface area contributed by atoms with Gasteiger partial charge in [-0.05, 0) is 31.2 Å². The van der Waals surface area contributed by atoms with Gasteiger partial charge in [0.05, 0.1) is 33.6 Å². The number of furan rings is 1. The third-order valence-corrected chi connectivity index (χ3v) is 3.53. The van der Waals surface area contributed by atoms with Crippen LogP contribution in [0.15, 0.2) is 41.0 Å². The molecule has 0 aliphatic heterocycles. The van der Waals surface area contributed by atoms with Gasteiger partial charge in [-0.3, -0.25) is 0 Å². The number of anilines is 3. The molecule has 9 heteroatoms. The molecule has 0 saturated heterocycles. The smallest absolute Gasteiger partial charge is 0.323 e. The first-order chi connectivity index (χ1) is 13.2. The van der Waals surface area contributed by atoms with Gasteiger partial charge in [0.25, 0.3) is 0 Å². The van der Waals surface area contributed by atoms with Gasteiger partial charge in [0, 0.05) is 11.8 Å². The van der Waals surface area contributed by atoms with Crippen LogP contribution < -0.4 is 24.8 Å². The summed E-state index contributed by atoms with van der Waals surface area (Å²) < 4.78 is 21.3. The second-order valence-electron chi connectivity index (χ2n) is 5.33. The second kappa shape index (κ2) is 8.75. The van der Waals surface area contributed by atoms with Crippen molar-refractivity contribution in [3.05, 3.63) is 42.4 Å². The highest BCUT2D eigenvalue weighted by atomic mass is 16.5. The minimum Gasteiger partial charge on any atom is -0.493 e. The molecule has 27 heavy (non-hydrogen) atoms. The maximum absolute atomic E-state index is 5.43. The van der Waals surface area contributed by atoms with E-state index in [0.29, 0.717) is 36.5 Å². The van der Waals surface area contributed by atoms with Crippen molar-refractivity contribution < 1.29 is 18.6 Å². The van der Waals surface area contributed by atoms with Crippen LogP contribution in [0.1, 0.15) is 12.7 Å². The molecule has 2 heterocycles. The van der Waals surface area contributed by atoms with Crippen molar-refractivity contribution >= 4 is 17.6 Å². The number of hydrogen-bond acceptors (Lipinski definition) is 9. The lowest BCUT2D eigenvalue weighted by Crippen LogP contribution is -2.09. The molecule has 3 aromatic rings.